The Bertz CT molecular complexity index is 443. The highest BCUT2D eigenvalue weighted by Crippen LogP contribution is 2.32. The first-order valence-electron chi connectivity index (χ1n) is 7.20. The second-order valence-electron chi connectivity index (χ2n) is 5.63. The molecule has 3 aliphatic heterocycles. The van der Waals surface area contributed by atoms with Crippen molar-refractivity contribution in [2.75, 3.05) is 32.7 Å². The van der Waals surface area contributed by atoms with Gasteiger partial charge in [0.1, 0.15) is 11.3 Å². The normalized spacial score (nSPS) is 25.7. The molecule has 3 aliphatic rings. The van der Waals surface area contributed by atoms with E-state index in [-0.39, 0.29) is 17.4 Å². The molecule has 7 nitrogen and oxygen atoms in total. The lowest BCUT2D eigenvalue weighted by molar-refractivity contribution is -0.124. The van der Waals surface area contributed by atoms with E-state index in [9.17, 15) is 9.59 Å². The van der Waals surface area contributed by atoms with Gasteiger partial charge >= 0.3 is 0 Å². The molecule has 0 aliphatic carbocycles. The molecule has 0 aromatic rings. The number of nitrogens with one attached hydrogen (secondary N) is 2. The van der Waals surface area contributed by atoms with Gasteiger partial charge in [-0.2, -0.15) is 0 Å². The summed E-state index contributed by atoms with van der Waals surface area (Å²) in [5, 5.41) is 10.1. The van der Waals surface area contributed by atoms with E-state index in [1.807, 2.05) is 0 Å². The van der Waals surface area contributed by atoms with E-state index in [1.54, 1.807) is 4.90 Å². The average Bonchev–Trinajstić information content (AvgIpc) is 2.73. The predicted molar refractivity (Wildman–Crippen MR) is 72.2 cm³/mol. The molecule has 1 spiro atoms. The summed E-state index contributed by atoms with van der Waals surface area (Å²) in [6.45, 7) is 3.31. The summed E-state index contributed by atoms with van der Waals surface area (Å²) in [5.41, 5.74) is 0.220. The molecule has 2 N–H and O–H groups in total. The summed E-state index contributed by atoms with van der Waals surface area (Å²) in [5.74, 6) is -0.0864. The number of amides is 2. The minimum atomic E-state index is -0.282. The Kier molecular flexibility index (Phi) is 3.60. The summed E-state index contributed by atoms with van der Waals surface area (Å²) < 4.78 is 0. The minimum absolute atomic E-state index is 0.000245. The molecule has 0 bridgehead atoms. The van der Waals surface area contributed by atoms with Crippen LogP contribution in [0.3, 0.4) is 0 Å². The largest absolute Gasteiger partial charge is 0.388 e. The van der Waals surface area contributed by atoms with Crippen LogP contribution in [0.4, 0.5) is 0 Å². The number of hydrogen-bond donors (Lipinski definition) is 2. The number of hydrogen-bond acceptors (Lipinski definition) is 5. The summed E-state index contributed by atoms with van der Waals surface area (Å²) in [6, 6.07) is 0. The van der Waals surface area contributed by atoms with Crippen molar-refractivity contribution >= 4 is 17.5 Å². The van der Waals surface area contributed by atoms with Gasteiger partial charge in [0.05, 0.1) is 0 Å². The van der Waals surface area contributed by atoms with Crippen LogP contribution < -0.4 is 10.6 Å². The van der Waals surface area contributed by atoms with Crippen LogP contribution in [-0.2, 0) is 14.4 Å². The molecule has 3 heterocycles. The molecule has 2 amide bonds. The number of nitrogens with zero attached hydrogens (tertiary/aromatic N) is 2. The van der Waals surface area contributed by atoms with Gasteiger partial charge in [0.15, 0.2) is 0 Å². The van der Waals surface area contributed by atoms with Crippen molar-refractivity contribution in [2.24, 2.45) is 5.16 Å². The highest BCUT2D eigenvalue weighted by molar-refractivity contribution is 6.39. The zero-order valence-electron chi connectivity index (χ0n) is 11.5. The molecular weight excluding hydrogens is 260 g/mol. The SMILES string of the molecule is O=C1CCN(C(=O)C2=NOC3(CCNCC3)C2)CCN1. The summed E-state index contributed by atoms with van der Waals surface area (Å²) in [4.78, 5) is 31.0. The van der Waals surface area contributed by atoms with Crippen molar-refractivity contribution in [1.82, 2.24) is 15.5 Å². The Morgan fingerprint density at radius 2 is 2.05 bits per heavy atom. The Morgan fingerprint density at radius 3 is 2.85 bits per heavy atom. The van der Waals surface area contributed by atoms with Crippen LogP contribution in [0.25, 0.3) is 0 Å². The van der Waals surface area contributed by atoms with Gasteiger partial charge in [0, 0.05) is 45.3 Å². The Morgan fingerprint density at radius 1 is 1.25 bits per heavy atom. The van der Waals surface area contributed by atoms with E-state index >= 15 is 0 Å². The van der Waals surface area contributed by atoms with Crippen molar-refractivity contribution in [3.63, 3.8) is 0 Å². The zero-order valence-corrected chi connectivity index (χ0v) is 11.5. The van der Waals surface area contributed by atoms with Gasteiger partial charge in [-0.05, 0) is 13.1 Å². The third-order valence-electron chi connectivity index (χ3n) is 4.20. The first kappa shape index (κ1) is 13.4. The quantitative estimate of drug-likeness (QED) is 0.661. The van der Waals surface area contributed by atoms with E-state index in [2.05, 4.69) is 15.8 Å². The fraction of sp³-hybridized carbons (Fsp3) is 0.769. The fourth-order valence-electron chi connectivity index (χ4n) is 2.94. The minimum Gasteiger partial charge on any atom is -0.388 e. The topological polar surface area (TPSA) is 83.0 Å². The van der Waals surface area contributed by atoms with E-state index in [0.717, 1.165) is 25.9 Å². The van der Waals surface area contributed by atoms with Gasteiger partial charge in [-0.3, -0.25) is 9.59 Å². The van der Waals surface area contributed by atoms with Crippen molar-refractivity contribution < 1.29 is 14.4 Å². The molecule has 0 saturated carbocycles. The van der Waals surface area contributed by atoms with Gasteiger partial charge in [-0.1, -0.05) is 5.16 Å². The maximum absolute atomic E-state index is 12.4. The Balaban J connectivity index is 1.62. The van der Waals surface area contributed by atoms with Crippen LogP contribution in [-0.4, -0.2) is 60.8 Å². The van der Waals surface area contributed by atoms with E-state index < -0.39 is 0 Å². The number of carbonyl (C=O) groups excluding carboxylic acids is 2. The van der Waals surface area contributed by atoms with Crippen LogP contribution in [0.5, 0.6) is 0 Å². The summed E-state index contributed by atoms with van der Waals surface area (Å²) >= 11 is 0. The van der Waals surface area contributed by atoms with Gasteiger partial charge in [0.25, 0.3) is 5.91 Å². The fourth-order valence-corrected chi connectivity index (χ4v) is 2.94. The average molecular weight is 280 g/mol. The molecule has 0 atom stereocenters. The smallest absolute Gasteiger partial charge is 0.271 e. The zero-order chi connectivity index (χ0) is 14.0. The van der Waals surface area contributed by atoms with E-state index in [4.69, 9.17) is 4.84 Å². The van der Waals surface area contributed by atoms with Crippen LogP contribution in [0, 0.1) is 0 Å². The molecule has 7 heteroatoms. The first-order chi connectivity index (χ1) is 9.69. The molecule has 2 fully saturated rings. The number of piperidine rings is 1. The number of oxime groups is 1. The molecule has 0 aromatic heterocycles. The van der Waals surface area contributed by atoms with Gasteiger partial charge in [0.2, 0.25) is 5.91 Å². The Labute approximate surface area is 117 Å². The van der Waals surface area contributed by atoms with Crippen LogP contribution in [0.1, 0.15) is 25.7 Å². The van der Waals surface area contributed by atoms with Gasteiger partial charge in [-0.25, -0.2) is 0 Å². The maximum atomic E-state index is 12.4. The van der Waals surface area contributed by atoms with Crippen molar-refractivity contribution in [3.8, 4) is 0 Å². The molecule has 0 radical (unpaired) electrons. The van der Waals surface area contributed by atoms with Crippen LogP contribution in [0.15, 0.2) is 5.16 Å². The van der Waals surface area contributed by atoms with E-state index in [0.29, 0.717) is 38.2 Å². The Hall–Kier alpha value is -1.63. The third kappa shape index (κ3) is 2.63. The lowest BCUT2D eigenvalue weighted by Gasteiger charge is -2.31. The molecule has 2 saturated heterocycles. The number of rotatable bonds is 1. The maximum Gasteiger partial charge on any atom is 0.271 e. The first-order valence-corrected chi connectivity index (χ1v) is 7.20. The predicted octanol–water partition coefficient (Wildman–Crippen LogP) is -0.767. The second kappa shape index (κ2) is 5.40. The standard InChI is InChI=1S/C13H20N4O3/c18-11-1-7-17(8-6-15-11)12(19)10-9-13(20-16-10)2-4-14-5-3-13/h14H,1-9H2,(H,15,18). The monoisotopic (exact) mass is 280 g/mol. The molecule has 3 rings (SSSR count). The van der Waals surface area contributed by atoms with Crippen molar-refractivity contribution in [1.29, 1.82) is 0 Å². The third-order valence-corrected chi connectivity index (χ3v) is 4.20. The molecule has 0 unspecified atom stereocenters. The lowest BCUT2D eigenvalue weighted by atomic mass is 9.87. The summed E-state index contributed by atoms with van der Waals surface area (Å²) in [7, 11) is 0. The number of carbonyl (C=O) groups is 2. The van der Waals surface area contributed by atoms with Crippen molar-refractivity contribution in [3.05, 3.63) is 0 Å². The van der Waals surface area contributed by atoms with Crippen molar-refractivity contribution in [2.45, 2.75) is 31.3 Å². The van der Waals surface area contributed by atoms with Crippen LogP contribution in [0.2, 0.25) is 0 Å². The molecule has 110 valence electrons. The molecule has 0 aromatic carbocycles. The summed E-state index contributed by atoms with van der Waals surface area (Å²) in [6.07, 6.45) is 2.71. The highest BCUT2D eigenvalue weighted by atomic mass is 16.7. The second-order valence-corrected chi connectivity index (χ2v) is 5.63. The van der Waals surface area contributed by atoms with Crippen LogP contribution >= 0.6 is 0 Å². The lowest BCUT2D eigenvalue weighted by Crippen LogP contribution is -2.44. The highest BCUT2D eigenvalue weighted by Gasteiger charge is 2.43. The van der Waals surface area contributed by atoms with Gasteiger partial charge < -0.3 is 20.4 Å². The van der Waals surface area contributed by atoms with Gasteiger partial charge in [-0.15, -0.1) is 0 Å². The molecular formula is C13H20N4O3. The van der Waals surface area contributed by atoms with E-state index in [1.165, 1.54) is 0 Å². The molecule has 20 heavy (non-hydrogen) atoms.